The topological polar surface area (TPSA) is 61.1 Å². The van der Waals surface area contributed by atoms with Crippen LogP contribution in [0.3, 0.4) is 0 Å². The normalized spacial score (nSPS) is 16.3. The van der Waals surface area contributed by atoms with E-state index in [0.717, 1.165) is 81.1 Å². The van der Waals surface area contributed by atoms with Gasteiger partial charge in [-0.2, -0.15) is 0 Å². The highest BCUT2D eigenvalue weighted by Gasteiger charge is 2.17. The maximum atomic E-state index is 12.3. The molecular formula is C29H35Cl2N7O. The first-order valence-corrected chi connectivity index (χ1v) is 14.3. The molecule has 2 fully saturated rings. The summed E-state index contributed by atoms with van der Waals surface area (Å²) in [7, 11) is 0. The number of aryl methyl sites for hydroxylation is 1. The van der Waals surface area contributed by atoms with Crippen LogP contribution in [0.2, 0.25) is 10.0 Å². The Balaban J connectivity index is 0.000000198. The second-order valence-electron chi connectivity index (χ2n) is 9.79. The van der Waals surface area contributed by atoms with E-state index in [1.807, 2.05) is 54.6 Å². The summed E-state index contributed by atoms with van der Waals surface area (Å²) in [4.78, 5) is 19.4. The number of anilines is 2. The molecule has 39 heavy (non-hydrogen) atoms. The van der Waals surface area contributed by atoms with E-state index in [4.69, 9.17) is 23.2 Å². The number of piperazine rings is 2. The molecule has 8 nitrogen and oxygen atoms in total. The standard InChI is InChI=1S/C19H22ClN5O.C10H13ClN2/c20-16-5-3-6-17(15-16)23-13-11-22(12-14-23)8-4-10-25-19(26)24-9-2-1-7-18(24)21-25;11-9-3-1-2-4-10(9)13-7-5-12-6-8-13/h1-3,5-7,9,15H,4,8,10-14H2;1-4,12H,5-8H2. The maximum absolute atomic E-state index is 12.3. The van der Waals surface area contributed by atoms with Gasteiger partial charge in [0.05, 0.1) is 10.7 Å². The summed E-state index contributed by atoms with van der Waals surface area (Å²) in [5, 5.41) is 9.33. The molecule has 4 heterocycles. The Hall–Kier alpha value is -3.04. The fourth-order valence-electron chi connectivity index (χ4n) is 5.07. The predicted octanol–water partition coefficient (Wildman–Crippen LogP) is 4.11. The highest BCUT2D eigenvalue weighted by Crippen LogP contribution is 2.25. The third kappa shape index (κ3) is 7.13. The molecule has 2 aromatic heterocycles. The zero-order valence-electron chi connectivity index (χ0n) is 22.1. The van der Waals surface area contributed by atoms with Gasteiger partial charge in [0, 0.05) is 82.4 Å². The van der Waals surface area contributed by atoms with Crippen LogP contribution < -0.4 is 20.8 Å². The summed E-state index contributed by atoms with van der Waals surface area (Å²) < 4.78 is 3.15. The molecule has 206 valence electrons. The first-order chi connectivity index (χ1) is 19.1. The number of pyridine rings is 1. The Bertz CT molecular complexity index is 1410. The molecule has 4 aromatic rings. The average molecular weight is 569 g/mol. The summed E-state index contributed by atoms with van der Waals surface area (Å²) in [6.07, 6.45) is 2.68. The molecular weight excluding hydrogens is 533 g/mol. The third-order valence-corrected chi connectivity index (χ3v) is 7.74. The minimum absolute atomic E-state index is 0.0635. The number of nitrogens with zero attached hydrogens (tertiary/aromatic N) is 6. The van der Waals surface area contributed by atoms with Crippen molar-refractivity contribution >= 4 is 40.2 Å². The molecule has 1 N–H and O–H groups in total. The van der Waals surface area contributed by atoms with Crippen LogP contribution >= 0.6 is 23.2 Å². The molecule has 10 heteroatoms. The van der Waals surface area contributed by atoms with Crippen molar-refractivity contribution in [1.29, 1.82) is 0 Å². The Morgan fingerprint density at radius 2 is 1.56 bits per heavy atom. The number of para-hydroxylation sites is 1. The molecule has 2 aliphatic rings. The van der Waals surface area contributed by atoms with Crippen LogP contribution in [0.25, 0.3) is 5.65 Å². The lowest BCUT2D eigenvalue weighted by Gasteiger charge is -2.36. The van der Waals surface area contributed by atoms with Crippen LogP contribution in [-0.2, 0) is 6.54 Å². The van der Waals surface area contributed by atoms with Gasteiger partial charge >= 0.3 is 5.69 Å². The van der Waals surface area contributed by atoms with Gasteiger partial charge in [-0.25, -0.2) is 9.48 Å². The van der Waals surface area contributed by atoms with E-state index in [0.29, 0.717) is 12.2 Å². The van der Waals surface area contributed by atoms with Crippen molar-refractivity contribution < 1.29 is 0 Å². The zero-order chi connectivity index (χ0) is 27.0. The number of fused-ring (bicyclic) bond motifs is 1. The van der Waals surface area contributed by atoms with Gasteiger partial charge in [-0.15, -0.1) is 5.10 Å². The van der Waals surface area contributed by atoms with Gasteiger partial charge in [0.2, 0.25) is 0 Å². The number of benzene rings is 2. The lowest BCUT2D eigenvalue weighted by molar-refractivity contribution is 0.248. The zero-order valence-corrected chi connectivity index (χ0v) is 23.6. The highest BCUT2D eigenvalue weighted by molar-refractivity contribution is 6.33. The molecule has 2 aliphatic heterocycles. The van der Waals surface area contributed by atoms with Crippen molar-refractivity contribution in [3.63, 3.8) is 0 Å². The number of nitrogens with one attached hydrogen (secondary N) is 1. The highest BCUT2D eigenvalue weighted by atomic mass is 35.5. The number of halogens is 2. The van der Waals surface area contributed by atoms with E-state index >= 15 is 0 Å². The molecule has 0 atom stereocenters. The monoisotopic (exact) mass is 567 g/mol. The minimum atomic E-state index is -0.0635. The van der Waals surface area contributed by atoms with Gasteiger partial charge in [0.15, 0.2) is 5.65 Å². The van der Waals surface area contributed by atoms with Crippen LogP contribution in [0.5, 0.6) is 0 Å². The molecule has 0 amide bonds. The van der Waals surface area contributed by atoms with Crippen molar-refractivity contribution in [2.45, 2.75) is 13.0 Å². The average Bonchev–Trinajstić information content (AvgIpc) is 3.30. The van der Waals surface area contributed by atoms with Gasteiger partial charge in [0.1, 0.15) is 0 Å². The second-order valence-corrected chi connectivity index (χ2v) is 10.6. The molecule has 0 spiro atoms. The van der Waals surface area contributed by atoms with E-state index < -0.39 is 0 Å². The van der Waals surface area contributed by atoms with Crippen molar-refractivity contribution in [2.75, 3.05) is 68.7 Å². The Morgan fingerprint density at radius 3 is 2.31 bits per heavy atom. The molecule has 2 saturated heterocycles. The quantitative estimate of drug-likeness (QED) is 0.378. The van der Waals surface area contributed by atoms with Crippen molar-refractivity contribution in [1.82, 2.24) is 24.4 Å². The fourth-order valence-corrected chi connectivity index (χ4v) is 5.51. The van der Waals surface area contributed by atoms with Gasteiger partial charge in [-0.1, -0.05) is 47.5 Å². The predicted molar refractivity (Wildman–Crippen MR) is 161 cm³/mol. The summed E-state index contributed by atoms with van der Waals surface area (Å²) in [5.41, 5.74) is 2.98. The van der Waals surface area contributed by atoms with Crippen molar-refractivity contribution in [3.8, 4) is 0 Å². The smallest absolute Gasteiger partial charge is 0.350 e. The first-order valence-electron chi connectivity index (χ1n) is 13.6. The van der Waals surface area contributed by atoms with Gasteiger partial charge in [-0.05, 0) is 48.9 Å². The SMILES string of the molecule is Clc1ccccc1N1CCNCC1.O=c1n(CCCN2CCN(c3cccc(Cl)c3)CC2)nc2ccccn12. The lowest BCUT2D eigenvalue weighted by atomic mass is 10.2. The number of aromatic nitrogens is 3. The van der Waals surface area contributed by atoms with Gasteiger partial charge in [-0.3, -0.25) is 9.30 Å². The Labute approximate surface area is 239 Å². The van der Waals surface area contributed by atoms with E-state index in [1.165, 1.54) is 5.69 Å². The summed E-state index contributed by atoms with van der Waals surface area (Å²) >= 11 is 12.2. The summed E-state index contributed by atoms with van der Waals surface area (Å²) in [6.45, 7) is 9.84. The molecule has 0 aliphatic carbocycles. The number of rotatable bonds is 6. The van der Waals surface area contributed by atoms with Gasteiger partial charge < -0.3 is 15.1 Å². The van der Waals surface area contributed by atoms with Crippen molar-refractivity contribution in [2.24, 2.45) is 0 Å². The molecule has 0 unspecified atom stereocenters. The van der Waals surface area contributed by atoms with Crippen LogP contribution in [-0.4, -0.2) is 78.0 Å². The molecule has 0 saturated carbocycles. The summed E-state index contributed by atoms with van der Waals surface area (Å²) in [6, 6.07) is 21.6. The number of hydrogen-bond acceptors (Lipinski definition) is 6. The second kappa shape index (κ2) is 13.3. The lowest BCUT2D eigenvalue weighted by Crippen LogP contribution is -2.46. The largest absolute Gasteiger partial charge is 0.369 e. The van der Waals surface area contributed by atoms with Crippen molar-refractivity contribution in [3.05, 3.63) is 93.5 Å². The van der Waals surface area contributed by atoms with E-state index in [2.05, 4.69) is 37.2 Å². The van der Waals surface area contributed by atoms with Gasteiger partial charge in [0.25, 0.3) is 0 Å². The molecule has 2 aromatic carbocycles. The maximum Gasteiger partial charge on any atom is 0.350 e. The number of hydrogen-bond donors (Lipinski definition) is 1. The van der Waals surface area contributed by atoms with E-state index in [-0.39, 0.29) is 5.69 Å². The van der Waals surface area contributed by atoms with Crippen LogP contribution in [0.1, 0.15) is 6.42 Å². The molecule has 0 radical (unpaired) electrons. The summed E-state index contributed by atoms with van der Waals surface area (Å²) in [5.74, 6) is 0. The van der Waals surface area contributed by atoms with Crippen LogP contribution in [0.15, 0.2) is 77.7 Å². The van der Waals surface area contributed by atoms with E-state index in [1.54, 1.807) is 15.3 Å². The fraction of sp³-hybridized carbons (Fsp3) is 0.379. The Morgan fingerprint density at radius 1 is 0.795 bits per heavy atom. The molecule has 6 rings (SSSR count). The van der Waals surface area contributed by atoms with E-state index in [9.17, 15) is 4.79 Å². The molecule has 0 bridgehead atoms. The Kier molecular flexibility index (Phi) is 9.42. The van der Waals surface area contributed by atoms with Crippen LogP contribution in [0.4, 0.5) is 11.4 Å². The minimum Gasteiger partial charge on any atom is -0.369 e. The third-order valence-electron chi connectivity index (χ3n) is 7.19. The van der Waals surface area contributed by atoms with Crippen LogP contribution in [0, 0.1) is 0 Å². The first kappa shape index (κ1) is 27.5.